The highest BCUT2D eigenvalue weighted by Gasteiger charge is 2.50. The second-order valence-corrected chi connectivity index (χ2v) is 23.1. The van der Waals surface area contributed by atoms with Crippen LogP contribution in [-0.4, -0.2) is 61.2 Å². The lowest BCUT2D eigenvalue weighted by molar-refractivity contribution is 0.296. The Morgan fingerprint density at radius 2 is 0.889 bits per heavy atom. The fraction of sp³-hybridized carbons (Fsp3) is 0.368. The van der Waals surface area contributed by atoms with Gasteiger partial charge in [-0.15, -0.1) is 0 Å². The van der Waals surface area contributed by atoms with Gasteiger partial charge in [-0.05, 0) is 44.9 Å². The van der Waals surface area contributed by atoms with Crippen molar-refractivity contribution in [2.45, 2.75) is 51.6 Å². The molecule has 0 aromatic heterocycles. The second kappa shape index (κ2) is 18.6. The van der Waals surface area contributed by atoms with Crippen molar-refractivity contribution in [2.24, 2.45) is 0 Å². The van der Waals surface area contributed by atoms with E-state index >= 15 is 0 Å². The van der Waals surface area contributed by atoms with E-state index in [1.165, 1.54) is 20.7 Å². The summed E-state index contributed by atoms with van der Waals surface area (Å²) in [5, 5.41) is 19.3. The summed E-state index contributed by atoms with van der Waals surface area (Å²) in [6.45, 7) is 16.2. The first kappa shape index (κ1) is 38.6. The Labute approximate surface area is 280 Å². The Morgan fingerprint density at radius 3 is 1.13 bits per heavy atom. The molecule has 0 aliphatic heterocycles. The van der Waals surface area contributed by atoms with Crippen LogP contribution in [0.2, 0.25) is 10.1 Å². The van der Waals surface area contributed by atoms with E-state index in [-0.39, 0.29) is 16.7 Å². The first-order valence-electron chi connectivity index (χ1n) is 15.8. The molecule has 0 aliphatic carbocycles. The van der Waals surface area contributed by atoms with Gasteiger partial charge in [0.25, 0.3) is 8.32 Å². The molecule has 4 nitrogen and oxygen atoms in total. The summed E-state index contributed by atoms with van der Waals surface area (Å²) in [4.78, 5) is 0. The molecule has 4 rings (SSSR count). The number of halogens is 1. The van der Waals surface area contributed by atoms with E-state index in [1.54, 1.807) is 7.05 Å². The van der Waals surface area contributed by atoms with Gasteiger partial charge in [0.1, 0.15) is 0 Å². The highest BCUT2D eigenvalue weighted by molar-refractivity contribution is 7.35. The third kappa shape index (κ3) is 10.2. The Hall–Kier alpha value is -2.56. The predicted octanol–water partition coefficient (Wildman–Crippen LogP) is 5.77. The molecule has 4 aromatic carbocycles. The van der Waals surface area contributed by atoms with Crippen LogP contribution in [0.5, 0.6) is 0 Å². The zero-order chi connectivity index (χ0) is 33.4. The van der Waals surface area contributed by atoms with Crippen molar-refractivity contribution in [3.05, 3.63) is 121 Å². The Bertz CT molecular complexity index is 1250. The quantitative estimate of drug-likeness (QED) is 0.115. The minimum atomic E-state index is -2.33. The van der Waals surface area contributed by atoms with E-state index in [0.29, 0.717) is 6.54 Å². The zero-order valence-electron chi connectivity index (χ0n) is 28.6. The lowest BCUT2D eigenvalue weighted by atomic mass is 10.2. The van der Waals surface area contributed by atoms with Crippen LogP contribution in [0.15, 0.2) is 121 Å². The fourth-order valence-corrected chi connectivity index (χ4v) is 14.2. The van der Waals surface area contributed by atoms with Gasteiger partial charge in [-0.25, -0.2) is 0 Å². The molecular formula is C38H55ClN2O2Si2. The molecule has 0 amide bonds. The molecule has 0 spiro atoms. The number of hydrogen-bond donors (Lipinski definition) is 3. The summed E-state index contributed by atoms with van der Waals surface area (Å²) >= 11 is 7.21. The molecule has 7 heteroatoms. The molecule has 0 bridgehead atoms. The lowest BCUT2D eigenvalue weighted by Crippen LogP contribution is -2.66. The summed E-state index contributed by atoms with van der Waals surface area (Å²) in [6.07, 6.45) is 0. The highest BCUT2D eigenvalue weighted by Crippen LogP contribution is 2.38. The van der Waals surface area contributed by atoms with Crippen molar-refractivity contribution in [1.29, 1.82) is 0 Å². The van der Waals surface area contributed by atoms with Gasteiger partial charge < -0.3 is 20.2 Å². The van der Waals surface area contributed by atoms with Crippen molar-refractivity contribution < 1.29 is 9.53 Å². The minimum absolute atomic E-state index is 0.0590. The van der Waals surface area contributed by atoms with E-state index < -0.39 is 15.7 Å². The van der Waals surface area contributed by atoms with Crippen molar-refractivity contribution in [3.63, 3.8) is 0 Å². The molecular weight excluding hydrogens is 608 g/mol. The maximum absolute atomic E-state index is 8.00. The van der Waals surface area contributed by atoms with Crippen molar-refractivity contribution >= 4 is 47.5 Å². The van der Waals surface area contributed by atoms with Crippen LogP contribution >= 0.6 is 11.1 Å². The summed E-state index contributed by atoms with van der Waals surface area (Å²) in [5.41, 5.74) is 0. The number of likely N-dealkylation sites (N-methyl/N-ethyl adjacent to an activating group) is 2. The van der Waals surface area contributed by atoms with Crippen LogP contribution in [0.25, 0.3) is 0 Å². The smallest absolute Gasteiger partial charge is 0.261 e. The average molecular weight is 663 g/mol. The topological polar surface area (TPSA) is 53.5 Å². The number of hydrogen-bond acceptors (Lipinski definition) is 4. The van der Waals surface area contributed by atoms with E-state index in [4.69, 9.17) is 20.6 Å². The molecule has 0 aliphatic rings. The van der Waals surface area contributed by atoms with Gasteiger partial charge in [0.15, 0.2) is 0 Å². The van der Waals surface area contributed by atoms with E-state index in [2.05, 4.69) is 161 Å². The SMILES string of the molecule is CC(C)(C)[Si](Cl)(c1ccccc1)c1ccccc1.CNCCO.CNCCO[Si](c1ccccc1)(c1ccccc1)C(C)(C)C. The van der Waals surface area contributed by atoms with Crippen molar-refractivity contribution in [3.8, 4) is 0 Å². The molecule has 3 N–H and O–H groups in total. The van der Waals surface area contributed by atoms with Gasteiger partial charge in [0.2, 0.25) is 7.38 Å². The van der Waals surface area contributed by atoms with Gasteiger partial charge in [0, 0.05) is 19.7 Å². The van der Waals surface area contributed by atoms with Gasteiger partial charge in [-0.3, -0.25) is 0 Å². The van der Waals surface area contributed by atoms with Crippen LogP contribution in [0, 0.1) is 0 Å². The first-order valence-corrected chi connectivity index (χ1v) is 20.8. The van der Waals surface area contributed by atoms with E-state index in [1.807, 2.05) is 19.2 Å². The largest absolute Gasteiger partial charge is 0.406 e. The van der Waals surface area contributed by atoms with E-state index in [9.17, 15) is 0 Å². The number of rotatable bonds is 10. The lowest BCUT2D eigenvalue weighted by Gasteiger charge is -2.43. The van der Waals surface area contributed by atoms with Crippen LogP contribution < -0.4 is 31.4 Å². The maximum Gasteiger partial charge on any atom is 0.261 e. The Balaban J connectivity index is 0.000000277. The molecule has 0 saturated carbocycles. The molecule has 0 fully saturated rings. The Morgan fingerprint density at radius 1 is 0.556 bits per heavy atom. The number of aliphatic hydroxyl groups excluding tert-OH is 1. The molecule has 0 radical (unpaired) electrons. The normalized spacial score (nSPS) is 12.0. The molecule has 244 valence electrons. The summed E-state index contributed by atoms with van der Waals surface area (Å²) in [7, 11) is -0.789. The Kier molecular flexibility index (Phi) is 15.9. The molecule has 0 heterocycles. The highest BCUT2D eigenvalue weighted by atomic mass is 35.6. The van der Waals surface area contributed by atoms with Crippen molar-refractivity contribution in [2.75, 3.05) is 40.4 Å². The summed E-state index contributed by atoms with van der Waals surface area (Å²) in [5.74, 6) is 0. The number of nitrogens with one attached hydrogen (secondary N) is 2. The van der Waals surface area contributed by atoms with Crippen LogP contribution in [-0.2, 0) is 4.43 Å². The molecule has 4 aromatic rings. The predicted molar refractivity (Wildman–Crippen MR) is 202 cm³/mol. The summed E-state index contributed by atoms with van der Waals surface area (Å²) < 4.78 is 6.68. The monoisotopic (exact) mass is 662 g/mol. The fourth-order valence-electron chi connectivity index (χ4n) is 5.55. The third-order valence-corrected chi connectivity index (χ3v) is 20.2. The van der Waals surface area contributed by atoms with Crippen LogP contribution in [0.4, 0.5) is 0 Å². The van der Waals surface area contributed by atoms with E-state index in [0.717, 1.165) is 13.2 Å². The number of benzene rings is 4. The average Bonchev–Trinajstić information content (AvgIpc) is 3.04. The number of aliphatic hydroxyl groups is 1. The molecule has 0 atom stereocenters. The molecule has 45 heavy (non-hydrogen) atoms. The summed E-state index contributed by atoms with van der Waals surface area (Å²) in [6, 6.07) is 42.6. The minimum Gasteiger partial charge on any atom is -0.406 e. The molecule has 0 saturated heterocycles. The third-order valence-electron chi connectivity index (χ3n) is 7.83. The van der Waals surface area contributed by atoms with Crippen LogP contribution in [0.3, 0.4) is 0 Å². The van der Waals surface area contributed by atoms with Crippen LogP contribution in [0.1, 0.15) is 41.5 Å². The maximum atomic E-state index is 8.00. The van der Waals surface area contributed by atoms with Gasteiger partial charge in [-0.2, -0.15) is 11.1 Å². The van der Waals surface area contributed by atoms with Gasteiger partial charge in [-0.1, -0.05) is 163 Å². The van der Waals surface area contributed by atoms with Crippen molar-refractivity contribution in [1.82, 2.24) is 10.6 Å². The van der Waals surface area contributed by atoms with Gasteiger partial charge >= 0.3 is 0 Å². The second-order valence-electron chi connectivity index (χ2n) is 13.1. The molecule has 0 unspecified atom stereocenters. The first-order chi connectivity index (χ1) is 21.4. The standard InChI is InChI=1S/C19H27NOSi.C16H19ClSi.C3H9NO/c1-19(2,3)22(21-16-15-20-4,17-11-7-5-8-12-17)18-13-9-6-10-14-18;1-16(2,3)18(17,14-10-6-4-7-11-14)15-12-8-5-9-13-15;1-4-2-3-5/h5-14,20H,15-16H2,1-4H3;4-13H,1-3H3;4-5H,2-3H2,1H3. The zero-order valence-corrected chi connectivity index (χ0v) is 31.4. The van der Waals surface area contributed by atoms with Gasteiger partial charge in [0.05, 0.1) is 6.61 Å².